The summed E-state index contributed by atoms with van der Waals surface area (Å²) >= 11 is 0. The van der Waals surface area contributed by atoms with Gasteiger partial charge in [0.2, 0.25) is 0 Å². The summed E-state index contributed by atoms with van der Waals surface area (Å²) in [6.07, 6.45) is 1.38. The van der Waals surface area contributed by atoms with Gasteiger partial charge in [-0.1, -0.05) is 12.1 Å². The quantitative estimate of drug-likeness (QED) is 0.582. The summed E-state index contributed by atoms with van der Waals surface area (Å²) in [5.41, 5.74) is 3.26. The van der Waals surface area contributed by atoms with E-state index >= 15 is 0 Å². The summed E-state index contributed by atoms with van der Waals surface area (Å²) in [4.78, 5) is 21.9. The Kier molecular flexibility index (Phi) is 4.92. The molecule has 0 radical (unpaired) electrons. The van der Waals surface area contributed by atoms with Gasteiger partial charge in [-0.2, -0.15) is 5.10 Å². The van der Waals surface area contributed by atoms with Gasteiger partial charge in [0.1, 0.15) is 11.5 Å². The highest BCUT2D eigenvalue weighted by atomic mass is 16.4. The molecule has 2 amide bonds. The number of nitrogens with one attached hydrogen (secondary N) is 2. The molecule has 7 heteroatoms. The summed E-state index contributed by atoms with van der Waals surface area (Å²) in [6.45, 7) is 2.32. The lowest BCUT2D eigenvalue weighted by Crippen LogP contribution is -2.31. The zero-order valence-electron chi connectivity index (χ0n) is 11.9. The predicted molar refractivity (Wildman–Crippen MR) is 80.9 cm³/mol. The first-order valence-corrected chi connectivity index (χ1v) is 6.60. The highest BCUT2D eigenvalue weighted by Crippen LogP contribution is 2.22. The number of urea groups is 1. The van der Waals surface area contributed by atoms with Crippen molar-refractivity contribution < 1.29 is 19.1 Å². The Hall–Kier alpha value is -3.09. The van der Waals surface area contributed by atoms with E-state index in [0.29, 0.717) is 18.1 Å². The van der Waals surface area contributed by atoms with Crippen molar-refractivity contribution in [1.82, 2.24) is 10.7 Å². The Labute approximate surface area is 126 Å². The minimum atomic E-state index is -0.977. The fourth-order valence-electron chi connectivity index (χ4n) is 1.71. The molecule has 0 saturated carbocycles. The zero-order chi connectivity index (χ0) is 15.9. The molecule has 2 aromatic rings. The first kappa shape index (κ1) is 15.3. The van der Waals surface area contributed by atoms with E-state index in [1.165, 1.54) is 18.3 Å². The van der Waals surface area contributed by atoms with Gasteiger partial charge >= 0.3 is 12.0 Å². The standard InChI is InChI=1S/C15H15N3O4/c1-2-16-15(21)18-17-9-12-7-8-13(22-12)10-3-5-11(6-4-10)14(19)20/h3-9H,2H2,1H3,(H,19,20)(H2,16,18,21). The molecule has 22 heavy (non-hydrogen) atoms. The Morgan fingerprint density at radius 3 is 2.59 bits per heavy atom. The Morgan fingerprint density at radius 2 is 1.95 bits per heavy atom. The third kappa shape index (κ3) is 3.95. The fourth-order valence-corrected chi connectivity index (χ4v) is 1.71. The van der Waals surface area contributed by atoms with Gasteiger partial charge in [0.05, 0.1) is 11.8 Å². The van der Waals surface area contributed by atoms with E-state index in [2.05, 4.69) is 15.8 Å². The number of carboxylic acid groups (broad SMARTS) is 1. The second kappa shape index (κ2) is 7.07. The number of hydrogen-bond acceptors (Lipinski definition) is 4. The number of carbonyl (C=O) groups is 2. The molecular formula is C15H15N3O4. The molecular weight excluding hydrogens is 286 g/mol. The van der Waals surface area contributed by atoms with E-state index in [9.17, 15) is 9.59 Å². The average molecular weight is 301 g/mol. The van der Waals surface area contributed by atoms with Gasteiger partial charge in [-0.15, -0.1) is 0 Å². The van der Waals surface area contributed by atoms with E-state index in [-0.39, 0.29) is 5.56 Å². The van der Waals surface area contributed by atoms with Crippen LogP contribution >= 0.6 is 0 Å². The molecule has 3 N–H and O–H groups in total. The van der Waals surface area contributed by atoms with Crippen LogP contribution in [0.1, 0.15) is 23.0 Å². The van der Waals surface area contributed by atoms with Crippen LogP contribution < -0.4 is 10.7 Å². The summed E-state index contributed by atoms with van der Waals surface area (Å²) in [7, 11) is 0. The summed E-state index contributed by atoms with van der Waals surface area (Å²) in [5, 5.41) is 15.1. The van der Waals surface area contributed by atoms with E-state index in [0.717, 1.165) is 5.56 Å². The molecule has 0 spiro atoms. The number of carbonyl (C=O) groups excluding carboxylic acids is 1. The largest absolute Gasteiger partial charge is 0.478 e. The summed E-state index contributed by atoms with van der Waals surface area (Å²) in [5.74, 6) is 0.0701. The topological polar surface area (TPSA) is 104 Å². The smallest absolute Gasteiger partial charge is 0.335 e. The molecule has 1 aromatic carbocycles. The highest BCUT2D eigenvalue weighted by Gasteiger charge is 2.06. The van der Waals surface area contributed by atoms with Crippen LogP contribution in [0.3, 0.4) is 0 Å². The second-order valence-corrected chi connectivity index (χ2v) is 4.31. The third-order valence-corrected chi connectivity index (χ3v) is 2.74. The maximum absolute atomic E-state index is 11.1. The van der Waals surface area contributed by atoms with Crippen LogP contribution in [0.15, 0.2) is 45.9 Å². The van der Waals surface area contributed by atoms with Gasteiger partial charge in [0.25, 0.3) is 0 Å². The van der Waals surface area contributed by atoms with Crippen LogP contribution in [0, 0.1) is 0 Å². The van der Waals surface area contributed by atoms with Crippen molar-refractivity contribution in [3.8, 4) is 11.3 Å². The molecule has 114 valence electrons. The van der Waals surface area contributed by atoms with E-state index in [1.807, 2.05) is 0 Å². The highest BCUT2D eigenvalue weighted by molar-refractivity contribution is 5.88. The summed E-state index contributed by atoms with van der Waals surface area (Å²) in [6, 6.07) is 9.38. The van der Waals surface area contributed by atoms with Gasteiger partial charge < -0.3 is 14.8 Å². The molecule has 7 nitrogen and oxygen atoms in total. The molecule has 0 aliphatic carbocycles. The average Bonchev–Trinajstić information content (AvgIpc) is 2.96. The molecule has 0 aliphatic rings. The monoisotopic (exact) mass is 301 g/mol. The first-order valence-electron chi connectivity index (χ1n) is 6.60. The van der Waals surface area contributed by atoms with Gasteiger partial charge in [-0.3, -0.25) is 0 Å². The zero-order valence-corrected chi connectivity index (χ0v) is 11.9. The van der Waals surface area contributed by atoms with Gasteiger partial charge in [0, 0.05) is 12.1 Å². The lowest BCUT2D eigenvalue weighted by atomic mass is 10.1. The predicted octanol–water partition coefficient (Wildman–Crippen LogP) is 2.30. The maximum atomic E-state index is 11.1. The van der Waals surface area contributed by atoms with Crippen molar-refractivity contribution in [1.29, 1.82) is 0 Å². The van der Waals surface area contributed by atoms with E-state index in [1.54, 1.807) is 31.2 Å². The normalized spacial score (nSPS) is 10.6. The van der Waals surface area contributed by atoms with E-state index < -0.39 is 12.0 Å². The Balaban J connectivity index is 2.03. The fraction of sp³-hybridized carbons (Fsp3) is 0.133. The van der Waals surface area contributed by atoms with Crippen LogP contribution in [0.4, 0.5) is 4.79 Å². The van der Waals surface area contributed by atoms with Crippen molar-refractivity contribution in [2.24, 2.45) is 5.10 Å². The number of hydrazone groups is 1. The van der Waals surface area contributed by atoms with Crippen molar-refractivity contribution in [2.45, 2.75) is 6.92 Å². The van der Waals surface area contributed by atoms with Gasteiger partial charge in [0.15, 0.2) is 0 Å². The Morgan fingerprint density at radius 1 is 1.23 bits per heavy atom. The number of benzene rings is 1. The van der Waals surface area contributed by atoms with Crippen LogP contribution in [-0.4, -0.2) is 29.9 Å². The van der Waals surface area contributed by atoms with Crippen molar-refractivity contribution in [3.63, 3.8) is 0 Å². The molecule has 0 aliphatic heterocycles. The minimum Gasteiger partial charge on any atom is -0.478 e. The number of nitrogens with zero attached hydrogens (tertiary/aromatic N) is 1. The van der Waals surface area contributed by atoms with Crippen LogP contribution in [0.5, 0.6) is 0 Å². The van der Waals surface area contributed by atoms with Crippen LogP contribution in [0.25, 0.3) is 11.3 Å². The number of hydrogen-bond donors (Lipinski definition) is 3. The van der Waals surface area contributed by atoms with Gasteiger partial charge in [-0.25, -0.2) is 15.0 Å². The molecule has 0 saturated heterocycles. The molecule has 0 fully saturated rings. The van der Waals surface area contributed by atoms with Crippen LogP contribution in [0.2, 0.25) is 0 Å². The van der Waals surface area contributed by atoms with Gasteiger partial charge in [-0.05, 0) is 31.2 Å². The minimum absolute atomic E-state index is 0.211. The first-order chi connectivity index (χ1) is 10.6. The van der Waals surface area contributed by atoms with Crippen molar-refractivity contribution in [3.05, 3.63) is 47.7 Å². The number of furan rings is 1. The Bertz CT molecular complexity index is 689. The maximum Gasteiger partial charge on any atom is 0.335 e. The lowest BCUT2D eigenvalue weighted by molar-refractivity contribution is 0.0697. The van der Waals surface area contributed by atoms with Crippen LogP contribution in [-0.2, 0) is 0 Å². The number of carboxylic acids is 1. The van der Waals surface area contributed by atoms with Crippen molar-refractivity contribution in [2.75, 3.05) is 6.54 Å². The SMILES string of the molecule is CCNC(=O)NN=Cc1ccc(-c2ccc(C(=O)O)cc2)o1. The molecule has 0 bridgehead atoms. The number of aromatic carboxylic acids is 1. The second-order valence-electron chi connectivity index (χ2n) is 4.31. The number of amides is 2. The third-order valence-electron chi connectivity index (χ3n) is 2.74. The molecule has 1 heterocycles. The molecule has 1 aromatic heterocycles. The number of rotatable bonds is 5. The van der Waals surface area contributed by atoms with Crippen molar-refractivity contribution >= 4 is 18.2 Å². The van der Waals surface area contributed by atoms with E-state index in [4.69, 9.17) is 9.52 Å². The summed E-state index contributed by atoms with van der Waals surface area (Å²) < 4.78 is 5.54. The molecule has 2 rings (SSSR count). The molecule has 0 atom stereocenters. The molecule has 0 unspecified atom stereocenters. The lowest BCUT2D eigenvalue weighted by Gasteiger charge is -1.99.